The zero-order valence-corrected chi connectivity index (χ0v) is 12.6. The number of pyridine rings is 1. The number of hydrogen-bond donors (Lipinski definition) is 3. The number of amides is 2. The number of halogens is 1. The van der Waals surface area contributed by atoms with Gasteiger partial charge >= 0.3 is 0 Å². The van der Waals surface area contributed by atoms with Gasteiger partial charge in [-0.1, -0.05) is 29.8 Å². The van der Waals surface area contributed by atoms with Crippen molar-refractivity contribution in [3.8, 4) is 0 Å². The molecule has 7 heteroatoms. The Hall–Kier alpha value is -2.60. The van der Waals surface area contributed by atoms with Crippen LogP contribution in [0.5, 0.6) is 0 Å². The fourth-order valence-electron chi connectivity index (χ4n) is 1.72. The number of carbonyl (C=O) groups is 2. The van der Waals surface area contributed by atoms with E-state index in [1.165, 1.54) is 12.3 Å². The summed E-state index contributed by atoms with van der Waals surface area (Å²) in [5.74, 6) is -0.541. The third-order valence-corrected chi connectivity index (χ3v) is 3.20. The number of para-hydroxylation sites is 1. The highest BCUT2D eigenvalue weighted by molar-refractivity contribution is 6.33. The van der Waals surface area contributed by atoms with Gasteiger partial charge < -0.3 is 16.4 Å². The number of nitrogens with one attached hydrogen (secondary N) is 2. The van der Waals surface area contributed by atoms with Crippen molar-refractivity contribution in [1.82, 2.24) is 4.98 Å². The van der Waals surface area contributed by atoms with E-state index in [2.05, 4.69) is 15.6 Å². The molecule has 0 saturated carbocycles. The lowest BCUT2D eigenvalue weighted by Gasteiger charge is -2.15. The molecule has 2 aromatic rings. The lowest BCUT2D eigenvalue weighted by molar-refractivity contribution is -0.116. The fraction of sp³-hybridized carbons (Fsp3) is 0.133. The molecule has 4 N–H and O–H groups in total. The van der Waals surface area contributed by atoms with Crippen molar-refractivity contribution in [3.63, 3.8) is 0 Å². The van der Waals surface area contributed by atoms with Gasteiger partial charge in [0.25, 0.3) is 0 Å². The summed E-state index contributed by atoms with van der Waals surface area (Å²) < 4.78 is 0. The van der Waals surface area contributed by atoms with Crippen molar-refractivity contribution in [2.24, 2.45) is 5.73 Å². The standard InChI is InChI=1S/C15H15ClN4O2/c1-9(15(22)20-11-5-3-2-4-6-11)19-14-12(16)7-10(8-18-14)13(17)21/h2-9H,1H3,(H2,17,21)(H,18,19)(H,20,22). The summed E-state index contributed by atoms with van der Waals surface area (Å²) in [7, 11) is 0. The van der Waals surface area contributed by atoms with E-state index >= 15 is 0 Å². The van der Waals surface area contributed by atoms with Gasteiger partial charge in [-0.2, -0.15) is 0 Å². The van der Waals surface area contributed by atoms with E-state index in [0.29, 0.717) is 11.5 Å². The van der Waals surface area contributed by atoms with Crippen molar-refractivity contribution >= 4 is 34.9 Å². The van der Waals surface area contributed by atoms with Crippen molar-refractivity contribution in [1.29, 1.82) is 0 Å². The second-order valence-corrected chi connectivity index (χ2v) is 5.05. The largest absolute Gasteiger partial charge is 0.366 e. The van der Waals surface area contributed by atoms with Crippen LogP contribution in [0.15, 0.2) is 42.6 Å². The summed E-state index contributed by atoms with van der Waals surface area (Å²) in [5.41, 5.74) is 6.05. The summed E-state index contributed by atoms with van der Waals surface area (Å²) in [6.45, 7) is 1.68. The summed E-state index contributed by atoms with van der Waals surface area (Å²) in [6, 6.07) is 9.94. The van der Waals surface area contributed by atoms with Crippen LogP contribution in [0.3, 0.4) is 0 Å². The third kappa shape index (κ3) is 3.95. The SMILES string of the molecule is CC(Nc1ncc(C(N)=O)cc1Cl)C(=O)Nc1ccccc1. The van der Waals surface area contributed by atoms with E-state index in [4.69, 9.17) is 17.3 Å². The maximum atomic E-state index is 12.1. The van der Waals surface area contributed by atoms with Crippen LogP contribution < -0.4 is 16.4 Å². The highest BCUT2D eigenvalue weighted by Gasteiger charge is 2.15. The molecule has 1 unspecified atom stereocenters. The van der Waals surface area contributed by atoms with Crippen molar-refractivity contribution in [3.05, 3.63) is 53.2 Å². The molecule has 6 nitrogen and oxygen atoms in total. The molecule has 1 heterocycles. The van der Waals surface area contributed by atoms with Crippen LogP contribution in [0.25, 0.3) is 0 Å². The summed E-state index contributed by atoms with van der Waals surface area (Å²) in [4.78, 5) is 27.1. The Kier molecular flexibility index (Phi) is 4.95. The molecule has 114 valence electrons. The maximum absolute atomic E-state index is 12.1. The number of hydrogen-bond acceptors (Lipinski definition) is 4. The number of rotatable bonds is 5. The van der Waals surface area contributed by atoms with Gasteiger partial charge in [0.2, 0.25) is 11.8 Å². The smallest absolute Gasteiger partial charge is 0.250 e. The molecule has 0 aliphatic carbocycles. The average molecular weight is 319 g/mol. The van der Waals surface area contributed by atoms with E-state index < -0.39 is 11.9 Å². The monoisotopic (exact) mass is 318 g/mol. The van der Waals surface area contributed by atoms with Gasteiger partial charge in [0.1, 0.15) is 11.9 Å². The minimum atomic E-state index is -0.615. The van der Waals surface area contributed by atoms with Crippen LogP contribution in [-0.2, 0) is 4.79 Å². The molecular weight excluding hydrogens is 304 g/mol. The third-order valence-electron chi connectivity index (χ3n) is 2.91. The highest BCUT2D eigenvalue weighted by atomic mass is 35.5. The molecule has 1 atom stereocenters. The molecule has 0 saturated heterocycles. The Bertz CT molecular complexity index is 691. The number of nitrogens with two attached hydrogens (primary N) is 1. The van der Waals surface area contributed by atoms with Gasteiger partial charge in [0.05, 0.1) is 10.6 Å². The number of aromatic nitrogens is 1. The molecule has 0 fully saturated rings. The fourth-order valence-corrected chi connectivity index (χ4v) is 1.94. The first-order chi connectivity index (χ1) is 10.5. The molecule has 0 aliphatic heterocycles. The minimum Gasteiger partial charge on any atom is -0.366 e. The first-order valence-corrected chi connectivity index (χ1v) is 6.93. The lowest BCUT2D eigenvalue weighted by atomic mass is 10.2. The lowest BCUT2D eigenvalue weighted by Crippen LogP contribution is -2.32. The number of anilines is 2. The van der Waals surface area contributed by atoms with Crippen LogP contribution in [0.4, 0.5) is 11.5 Å². The molecule has 2 amide bonds. The maximum Gasteiger partial charge on any atom is 0.250 e. The van der Waals surface area contributed by atoms with E-state index in [1.54, 1.807) is 19.1 Å². The summed E-state index contributed by atoms with van der Waals surface area (Å²) in [6.07, 6.45) is 1.30. The van der Waals surface area contributed by atoms with Crippen LogP contribution in [-0.4, -0.2) is 22.8 Å². The number of benzene rings is 1. The van der Waals surface area contributed by atoms with Crippen LogP contribution >= 0.6 is 11.6 Å². The Morgan fingerprint density at radius 1 is 1.27 bits per heavy atom. The summed E-state index contributed by atoms with van der Waals surface area (Å²) >= 11 is 6.02. The molecule has 0 radical (unpaired) electrons. The van der Waals surface area contributed by atoms with Gasteiger partial charge in [-0.05, 0) is 25.1 Å². The van der Waals surface area contributed by atoms with E-state index in [1.807, 2.05) is 18.2 Å². The molecule has 22 heavy (non-hydrogen) atoms. The molecule has 0 bridgehead atoms. The molecular formula is C15H15ClN4O2. The van der Waals surface area contributed by atoms with Gasteiger partial charge in [-0.25, -0.2) is 4.98 Å². The molecule has 1 aromatic carbocycles. The topological polar surface area (TPSA) is 97.1 Å². The molecule has 0 spiro atoms. The van der Waals surface area contributed by atoms with Gasteiger partial charge in [0, 0.05) is 11.9 Å². The van der Waals surface area contributed by atoms with Gasteiger partial charge in [0.15, 0.2) is 0 Å². The summed E-state index contributed by atoms with van der Waals surface area (Å²) in [5, 5.41) is 5.87. The minimum absolute atomic E-state index is 0.206. The van der Waals surface area contributed by atoms with E-state index in [-0.39, 0.29) is 16.5 Å². The second-order valence-electron chi connectivity index (χ2n) is 4.64. The van der Waals surface area contributed by atoms with Crippen molar-refractivity contribution in [2.75, 3.05) is 10.6 Å². The Labute approximate surface area is 132 Å². The van der Waals surface area contributed by atoms with Crippen molar-refractivity contribution in [2.45, 2.75) is 13.0 Å². The highest BCUT2D eigenvalue weighted by Crippen LogP contribution is 2.21. The second kappa shape index (κ2) is 6.91. The Balaban J connectivity index is 2.03. The van der Waals surface area contributed by atoms with Crippen molar-refractivity contribution < 1.29 is 9.59 Å². The molecule has 1 aromatic heterocycles. The zero-order chi connectivity index (χ0) is 16.1. The average Bonchev–Trinajstić information content (AvgIpc) is 2.50. The predicted octanol–water partition coefficient (Wildman–Crippen LogP) is 2.27. The molecule has 2 rings (SSSR count). The Morgan fingerprint density at radius 2 is 1.95 bits per heavy atom. The quantitative estimate of drug-likeness (QED) is 0.787. The number of nitrogens with zero attached hydrogens (tertiary/aromatic N) is 1. The van der Waals surface area contributed by atoms with E-state index in [0.717, 1.165) is 0 Å². The van der Waals surface area contributed by atoms with Crippen LogP contribution in [0.2, 0.25) is 5.02 Å². The molecule has 0 aliphatic rings. The van der Waals surface area contributed by atoms with Crippen LogP contribution in [0, 0.1) is 0 Å². The predicted molar refractivity (Wildman–Crippen MR) is 85.9 cm³/mol. The van der Waals surface area contributed by atoms with E-state index in [9.17, 15) is 9.59 Å². The first kappa shape index (κ1) is 15.8. The first-order valence-electron chi connectivity index (χ1n) is 6.55. The van der Waals surface area contributed by atoms with Gasteiger partial charge in [-0.15, -0.1) is 0 Å². The Morgan fingerprint density at radius 3 is 2.55 bits per heavy atom. The number of primary amides is 1. The van der Waals surface area contributed by atoms with Gasteiger partial charge in [-0.3, -0.25) is 9.59 Å². The number of carbonyl (C=O) groups excluding carboxylic acids is 2. The van der Waals surface area contributed by atoms with Crippen LogP contribution in [0.1, 0.15) is 17.3 Å². The zero-order valence-electron chi connectivity index (χ0n) is 11.8. The normalized spacial score (nSPS) is 11.5.